The van der Waals surface area contributed by atoms with E-state index in [0.717, 1.165) is 6.26 Å². The van der Waals surface area contributed by atoms with Gasteiger partial charge in [0.15, 0.2) is 5.69 Å². The maximum Gasteiger partial charge on any atom is 0.305 e. The van der Waals surface area contributed by atoms with Crippen LogP contribution in [-0.2, 0) is 21.9 Å². The number of carbonyl (C=O) groups excluding carboxylic acids is 1. The number of carboxylic acid groups (broad SMARTS) is 1. The highest BCUT2D eigenvalue weighted by molar-refractivity contribution is 7.92. The number of rotatable bonds is 7. The Morgan fingerprint density at radius 3 is 2.48 bits per heavy atom. The van der Waals surface area contributed by atoms with E-state index in [4.69, 9.17) is 5.11 Å². The van der Waals surface area contributed by atoms with E-state index in [1.807, 2.05) is 0 Å². The van der Waals surface area contributed by atoms with Crippen molar-refractivity contribution < 1.29 is 23.1 Å². The Morgan fingerprint density at radius 2 is 1.92 bits per heavy atom. The van der Waals surface area contributed by atoms with Crippen LogP contribution in [0.1, 0.15) is 28.5 Å². The lowest BCUT2D eigenvalue weighted by atomic mass is 10.0. The van der Waals surface area contributed by atoms with E-state index in [2.05, 4.69) is 15.1 Å². The van der Waals surface area contributed by atoms with Gasteiger partial charge in [0.1, 0.15) is 0 Å². The maximum absolute atomic E-state index is 12.5. The molecule has 0 spiro atoms. The molecule has 10 heteroatoms. The third kappa shape index (κ3) is 5.31. The number of anilines is 1. The molecule has 1 atom stereocenters. The van der Waals surface area contributed by atoms with Gasteiger partial charge in [0.2, 0.25) is 10.0 Å². The molecule has 1 heterocycles. The number of aromatic nitrogens is 2. The van der Waals surface area contributed by atoms with Gasteiger partial charge >= 0.3 is 5.97 Å². The predicted octanol–water partition coefficient (Wildman–Crippen LogP) is 0.737. The van der Waals surface area contributed by atoms with E-state index < -0.39 is 27.9 Å². The fourth-order valence-electron chi connectivity index (χ4n) is 2.27. The summed E-state index contributed by atoms with van der Waals surface area (Å²) in [6.45, 7) is 0. The third-order valence-electron chi connectivity index (χ3n) is 3.23. The summed E-state index contributed by atoms with van der Waals surface area (Å²) in [7, 11) is -2.06. The van der Waals surface area contributed by atoms with Crippen molar-refractivity contribution in [2.45, 2.75) is 12.5 Å². The second-order valence-corrected chi connectivity index (χ2v) is 7.22. The highest BCUT2D eigenvalue weighted by Gasteiger charge is 2.23. The molecule has 3 N–H and O–H groups in total. The Hall–Kier alpha value is -2.88. The Morgan fingerprint density at radius 1 is 1.28 bits per heavy atom. The van der Waals surface area contributed by atoms with Crippen molar-refractivity contribution in [2.24, 2.45) is 7.05 Å². The number of sulfonamides is 1. The molecule has 0 saturated carbocycles. The zero-order chi connectivity index (χ0) is 18.6. The van der Waals surface area contributed by atoms with Gasteiger partial charge in [-0.1, -0.05) is 30.3 Å². The van der Waals surface area contributed by atoms with Crippen LogP contribution in [0, 0.1) is 0 Å². The average molecular weight is 366 g/mol. The Balaban J connectivity index is 2.28. The molecule has 0 fully saturated rings. The summed E-state index contributed by atoms with van der Waals surface area (Å²) in [6.07, 6.45) is 1.99. The fourth-order valence-corrected chi connectivity index (χ4v) is 2.82. The van der Waals surface area contributed by atoms with Crippen LogP contribution in [0.15, 0.2) is 36.5 Å². The lowest BCUT2D eigenvalue weighted by Gasteiger charge is -2.17. The van der Waals surface area contributed by atoms with Crippen molar-refractivity contribution in [3.63, 3.8) is 0 Å². The number of benzene rings is 1. The number of hydrogen-bond donors (Lipinski definition) is 3. The number of aliphatic carboxylic acids is 1. The number of nitrogens with one attached hydrogen (secondary N) is 2. The molecule has 0 saturated heterocycles. The molecule has 0 radical (unpaired) electrons. The van der Waals surface area contributed by atoms with Gasteiger partial charge < -0.3 is 10.4 Å². The molecule has 0 aliphatic rings. The molecule has 2 aromatic rings. The van der Waals surface area contributed by atoms with E-state index in [-0.39, 0.29) is 17.8 Å². The Kier molecular flexibility index (Phi) is 5.42. The van der Waals surface area contributed by atoms with Crippen LogP contribution < -0.4 is 10.0 Å². The standard InChI is InChI=1S/C15H18N4O5S/c1-19-9-12(18-25(2,23)24)14(17-19)15(22)16-11(8-13(20)21)10-6-4-3-5-7-10/h3-7,9,11,18H,8H2,1-2H3,(H,16,22)(H,20,21). The topological polar surface area (TPSA) is 130 Å². The molecular weight excluding hydrogens is 348 g/mol. The smallest absolute Gasteiger partial charge is 0.305 e. The Labute approximate surface area is 144 Å². The van der Waals surface area contributed by atoms with E-state index in [1.165, 1.54) is 17.9 Å². The van der Waals surface area contributed by atoms with Gasteiger partial charge in [0.25, 0.3) is 5.91 Å². The highest BCUT2D eigenvalue weighted by Crippen LogP contribution is 2.20. The molecule has 1 aromatic heterocycles. The zero-order valence-corrected chi connectivity index (χ0v) is 14.4. The second-order valence-electron chi connectivity index (χ2n) is 5.47. The number of aryl methyl sites for hydroxylation is 1. The summed E-state index contributed by atoms with van der Waals surface area (Å²) >= 11 is 0. The molecule has 1 unspecified atom stereocenters. The quantitative estimate of drug-likeness (QED) is 0.662. The van der Waals surface area contributed by atoms with Gasteiger partial charge in [-0.3, -0.25) is 19.0 Å². The van der Waals surface area contributed by atoms with Crippen LogP contribution in [0.25, 0.3) is 0 Å². The molecular formula is C15H18N4O5S. The van der Waals surface area contributed by atoms with Crippen LogP contribution in [0.2, 0.25) is 0 Å². The van der Waals surface area contributed by atoms with Gasteiger partial charge in [0.05, 0.1) is 24.4 Å². The fraction of sp³-hybridized carbons (Fsp3) is 0.267. The maximum atomic E-state index is 12.5. The SMILES string of the molecule is Cn1cc(NS(C)(=O)=O)c(C(=O)NC(CC(=O)O)c2ccccc2)n1. The minimum atomic E-state index is -3.60. The molecule has 0 aliphatic heterocycles. The van der Waals surface area contributed by atoms with Gasteiger partial charge in [-0.15, -0.1) is 0 Å². The van der Waals surface area contributed by atoms with Crippen molar-refractivity contribution in [2.75, 3.05) is 11.0 Å². The first-order chi connectivity index (χ1) is 11.7. The van der Waals surface area contributed by atoms with E-state index in [1.54, 1.807) is 30.3 Å². The molecule has 1 amide bonds. The van der Waals surface area contributed by atoms with Crippen molar-refractivity contribution in [3.05, 3.63) is 47.8 Å². The van der Waals surface area contributed by atoms with Crippen molar-refractivity contribution in [3.8, 4) is 0 Å². The van der Waals surface area contributed by atoms with Crippen LogP contribution in [-0.4, -0.2) is 41.4 Å². The van der Waals surface area contributed by atoms with Crippen LogP contribution in [0.3, 0.4) is 0 Å². The number of nitrogens with zero attached hydrogens (tertiary/aromatic N) is 2. The summed E-state index contributed by atoms with van der Waals surface area (Å²) in [5.74, 6) is -1.76. The second kappa shape index (κ2) is 7.34. The largest absolute Gasteiger partial charge is 0.481 e. The number of amides is 1. The Bertz CT molecular complexity index is 877. The predicted molar refractivity (Wildman–Crippen MR) is 90.6 cm³/mol. The van der Waals surface area contributed by atoms with Crippen molar-refractivity contribution >= 4 is 27.6 Å². The van der Waals surface area contributed by atoms with Crippen molar-refractivity contribution in [1.82, 2.24) is 15.1 Å². The zero-order valence-electron chi connectivity index (χ0n) is 13.6. The molecule has 9 nitrogen and oxygen atoms in total. The molecule has 0 bridgehead atoms. The number of carbonyl (C=O) groups is 2. The molecule has 25 heavy (non-hydrogen) atoms. The molecule has 0 aliphatic carbocycles. The summed E-state index contributed by atoms with van der Waals surface area (Å²) < 4.78 is 26.3. The highest BCUT2D eigenvalue weighted by atomic mass is 32.2. The first-order valence-electron chi connectivity index (χ1n) is 7.25. The minimum absolute atomic E-state index is 0.0182. The van der Waals surface area contributed by atoms with Gasteiger partial charge in [0, 0.05) is 13.2 Å². The summed E-state index contributed by atoms with van der Waals surface area (Å²) in [4.78, 5) is 23.6. The van der Waals surface area contributed by atoms with Crippen LogP contribution >= 0.6 is 0 Å². The lowest BCUT2D eigenvalue weighted by Crippen LogP contribution is -2.31. The summed E-state index contributed by atoms with van der Waals surface area (Å²) in [5, 5.41) is 15.6. The summed E-state index contributed by atoms with van der Waals surface area (Å²) in [6, 6.07) is 7.85. The normalized spacial score (nSPS) is 12.4. The first kappa shape index (κ1) is 18.5. The monoisotopic (exact) mass is 366 g/mol. The average Bonchev–Trinajstić information content (AvgIpc) is 2.85. The van der Waals surface area contributed by atoms with Gasteiger partial charge in [-0.2, -0.15) is 5.10 Å². The van der Waals surface area contributed by atoms with Crippen molar-refractivity contribution in [1.29, 1.82) is 0 Å². The van der Waals surface area contributed by atoms with Crippen LogP contribution in [0.4, 0.5) is 5.69 Å². The molecule has 1 aromatic carbocycles. The molecule has 134 valence electrons. The number of hydrogen-bond acceptors (Lipinski definition) is 5. The molecule has 2 rings (SSSR count). The lowest BCUT2D eigenvalue weighted by molar-refractivity contribution is -0.137. The van der Waals surface area contributed by atoms with E-state index in [0.29, 0.717) is 5.56 Å². The third-order valence-corrected chi connectivity index (χ3v) is 3.82. The number of carboxylic acids is 1. The minimum Gasteiger partial charge on any atom is -0.481 e. The van der Waals surface area contributed by atoms with Gasteiger partial charge in [-0.05, 0) is 5.56 Å². The summed E-state index contributed by atoms with van der Waals surface area (Å²) in [5.41, 5.74) is 0.496. The van der Waals surface area contributed by atoms with Crippen LogP contribution in [0.5, 0.6) is 0 Å². The van der Waals surface area contributed by atoms with Gasteiger partial charge in [-0.25, -0.2) is 8.42 Å². The first-order valence-corrected chi connectivity index (χ1v) is 9.14. The van der Waals surface area contributed by atoms with E-state index in [9.17, 15) is 18.0 Å². The van der Waals surface area contributed by atoms with E-state index >= 15 is 0 Å².